The van der Waals surface area contributed by atoms with Gasteiger partial charge in [0.1, 0.15) is 5.69 Å². The predicted molar refractivity (Wildman–Crippen MR) is 65.2 cm³/mol. The minimum absolute atomic E-state index is 0.319. The molecule has 88 valence electrons. The monoisotopic (exact) mass is 230 g/mol. The van der Waals surface area contributed by atoms with Crippen LogP contribution in [0.3, 0.4) is 0 Å². The van der Waals surface area contributed by atoms with E-state index < -0.39 is 0 Å². The van der Waals surface area contributed by atoms with E-state index >= 15 is 0 Å². The summed E-state index contributed by atoms with van der Waals surface area (Å²) in [6.07, 6.45) is 3.31. The maximum absolute atomic E-state index is 8.11. The maximum Gasteiger partial charge on any atom is 0.230 e. The van der Waals surface area contributed by atoms with E-state index in [1.807, 2.05) is 20.0 Å². The van der Waals surface area contributed by atoms with Crippen LogP contribution >= 0.6 is 0 Å². The van der Waals surface area contributed by atoms with Crippen molar-refractivity contribution in [2.24, 2.45) is 7.05 Å². The second-order valence-electron chi connectivity index (χ2n) is 3.75. The molecule has 0 amide bonds. The number of aromatic nitrogens is 4. The molecule has 2 heterocycles. The van der Waals surface area contributed by atoms with Crippen LogP contribution in [0.5, 0.6) is 0 Å². The Morgan fingerprint density at radius 1 is 1.35 bits per heavy atom. The minimum Gasteiger partial charge on any atom is -0.297 e. The Kier molecular flexibility index (Phi) is 2.86. The van der Waals surface area contributed by atoms with Crippen molar-refractivity contribution in [2.45, 2.75) is 6.92 Å². The molecule has 0 aromatic carbocycles. The first-order valence-corrected chi connectivity index (χ1v) is 5.20. The second kappa shape index (κ2) is 4.32. The molecule has 0 saturated carbocycles. The van der Waals surface area contributed by atoms with Gasteiger partial charge in [0.15, 0.2) is 5.84 Å². The summed E-state index contributed by atoms with van der Waals surface area (Å²) in [4.78, 5) is 9.83. The van der Waals surface area contributed by atoms with Gasteiger partial charge in [-0.1, -0.05) is 0 Å². The number of rotatable bonds is 2. The molecule has 0 aliphatic rings. The number of nitrogens with zero attached hydrogens (tertiary/aromatic N) is 5. The van der Waals surface area contributed by atoms with Gasteiger partial charge >= 0.3 is 0 Å². The van der Waals surface area contributed by atoms with Gasteiger partial charge in [-0.2, -0.15) is 5.10 Å². The van der Waals surface area contributed by atoms with E-state index in [-0.39, 0.29) is 0 Å². The van der Waals surface area contributed by atoms with Crippen molar-refractivity contribution in [3.8, 4) is 0 Å². The molecular formula is C11H14N6. The maximum atomic E-state index is 8.11. The van der Waals surface area contributed by atoms with Gasteiger partial charge in [0.25, 0.3) is 0 Å². The van der Waals surface area contributed by atoms with Crippen LogP contribution in [0.2, 0.25) is 0 Å². The van der Waals surface area contributed by atoms with E-state index in [1.54, 1.807) is 35.1 Å². The van der Waals surface area contributed by atoms with Gasteiger partial charge in [-0.25, -0.2) is 9.97 Å². The Labute approximate surface area is 99.4 Å². The molecule has 2 aromatic rings. The zero-order chi connectivity index (χ0) is 12.4. The molecule has 6 nitrogen and oxygen atoms in total. The highest BCUT2D eigenvalue weighted by Crippen LogP contribution is 2.09. The Morgan fingerprint density at radius 2 is 2.00 bits per heavy atom. The highest BCUT2D eigenvalue weighted by Gasteiger charge is 2.15. The van der Waals surface area contributed by atoms with Crippen molar-refractivity contribution < 1.29 is 0 Å². The number of aryl methyl sites for hydroxylation is 2. The van der Waals surface area contributed by atoms with Crippen LogP contribution < -0.4 is 4.90 Å². The van der Waals surface area contributed by atoms with Gasteiger partial charge in [0.05, 0.1) is 5.69 Å². The normalized spacial score (nSPS) is 10.3. The molecule has 6 heteroatoms. The van der Waals surface area contributed by atoms with Crippen molar-refractivity contribution in [3.05, 3.63) is 35.9 Å². The first kappa shape index (κ1) is 11.3. The second-order valence-corrected chi connectivity index (χ2v) is 3.75. The number of hydrogen-bond acceptors (Lipinski definition) is 4. The third-order valence-corrected chi connectivity index (χ3v) is 2.43. The van der Waals surface area contributed by atoms with Crippen LogP contribution in [-0.2, 0) is 7.05 Å². The Hall–Kier alpha value is -2.24. The highest BCUT2D eigenvalue weighted by atomic mass is 15.3. The molecule has 2 aromatic heterocycles. The van der Waals surface area contributed by atoms with Crippen LogP contribution in [0, 0.1) is 12.3 Å². The summed E-state index contributed by atoms with van der Waals surface area (Å²) in [5, 5.41) is 12.3. The molecule has 0 aliphatic heterocycles. The Bertz CT molecular complexity index is 530. The van der Waals surface area contributed by atoms with E-state index in [4.69, 9.17) is 5.41 Å². The van der Waals surface area contributed by atoms with Crippen LogP contribution in [0.4, 0.5) is 5.95 Å². The van der Waals surface area contributed by atoms with Crippen LogP contribution in [0.1, 0.15) is 11.4 Å². The van der Waals surface area contributed by atoms with Crippen molar-refractivity contribution in [2.75, 3.05) is 11.9 Å². The Balaban J connectivity index is 2.30. The number of anilines is 1. The number of amidine groups is 1. The van der Waals surface area contributed by atoms with Crippen LogP contribution in [0.25, 0.3) is 0 Å². The summed E-state index contributed by atoms with van der Waals surface area (Å²) in [7, 11) is 3.58. The summed E-state index contributed by atoms with van der Waals surface area (Å²) in [5.41, 5.74) is 1.62. The summed E-state index contributed by atoms with van der Waals surface area (Å²) < 4.78 is 1.68. The molecular weight excluding hydrogens is 216 g/mol. The van der Waals surface area contributed by atoms with Crippen molar-refractivity contribution in [1.82, 2.24) is 19.7 Å². The minimum atomic E-state index is 0.319. The summed E-state index contributed by atoms with van der Waals surface area (Å²) in [5.74, 6) is 0.815. The average Bonchev–Trinajstić information content (AvgIpc) is 2.68. The van der Waals surface area contributed by atoms with Gasteiger partial charge in [-0.05, 0) is 19.1 Å². The molecule has 2 rings (SSSR count). The fraction of sp³-hybridized carbons (Fsp3) is 0.273. The molecule has 0 radical (unpaired) electrons. The largest absolute Gasteiger partial charge is 0.297 e. The lowest BCUT2D eigenvalue weighted by Gasteiger charge is -2.17. The van der Waals surface area contributed by atoms with Crippen LogP contribution in [-0.4, -0.2) is 32.6 Å². The van der Waals surface area contributed by atoms with Gasteiger partial charge in [0, 0.05) is 26.5 Å². The number of hydrogen-bond donors (Lipinski definition) is 1. The molecule has 0 unspecified atom stereocenters. The van der Waals surface area contributed by atoms with E-state index in [0.29, 0.717) is 11.8 Å². The smallest absolute Gasteiger partial charge is 0.230 e. The quantitative estimate of drug-likeness (QED) is 0.616. The van der Waals surface area contributed by atoms with E-state index in [0.717, 1.165) is 11.4 Å². The van der Waals surface area contributed by atoms with E-state index in [1.165, 1.54) is 0 Å². The lowest BCUT2D eigenvalue weighted by atomic mass is 10.3. The molecule has 0 aliphatic carbocycles. The third-order valence-electron chi connectivity index (χ3n) is 2.43. The fourth-order valence-corrected chi connectivity index (χ4v) is 1.57. The average molecular weight is 230 g/mol. The van der Waals surface area contributed by atoms with Crippen molar-refractivity contribution in [1.29, 1.82) is 5.41 Å². The lowest BCUT2D eigenvalue weighted by Crippen LogP contribution is -2.29. The van der Waals surface area contributed by atoms with Crippen LogP contribution in [0.15, 0.2) is 24.5 Å². The third kappa shape index (κ3) is 2.15. The molecule has 0 bridgehead atoms. The summed E-state index contributed by atoms with van der Waals surface area (Å²) in [6.45, 7) is 1.90. The Morgan fingerprint density at radius 3 is 2.53 bits per heavy atom. The summed E-state index contributed by atoms with van der Waals surface area (Å²) in [6, 6.07) is 3.61. The fourth-order valence-electron chi connectivity index (χ4n) is 1.57. The van der Waals surface area contributed by atoms with Gasteiger partial charge in [0.2, 0.25) is 5.95 Å². The molecule has 0 spiro atoms. The van der Waals surface area contributed by atoms with E-state index in [9.17, 15) is 0 Å². The van der Waals surface area contributed by atoms with E-state index in [2.05, 4.69) is 15.1 Å². The highest BCUT2D eigenvalue weighted by molar-refractivity contribution is 6.05. The first-order chi connectivity index (χ1) is 8.09. The SMILES string of the molecule is Cc1cc(C(=N)N(C)c2ncccn2)n(C)n1. The standard InChI is InChI=1S/C11H14N6/c1-8-7-9(17(3)15-8)10(12)16(2)11-13-5-4-6-14-11/h4-7,12H,1-3H3. The molecule has 0 saturated heterocycles. The number of nitrogens with one attached hydrogen (secondary N) is 1. The molecule has 0 fully saturated rings. The predicted octanol–water partition coefficient (Wildman–Crippen LogP) is 0.980. The topological polar surface area (TPSA) is 70.7 Å². The van der Waals surface area contributed by atoms with Gasteiger partial charge in [-0.3, -0.25) is 15.0 Å². The molecule has 0 atom stereocenters. The van der Waals surface area contributed by atoms with Crippen molar-refractivity contribution >= 4 is 11.8 Å². The lowest BCUT2D eigenvalue weighted by molar-refractivity contribution is 0.746. The zero-order valence-corrected chi connectivity index (χ0v) is 10.0. The van der Waals surface area contributed by atoms with Gasteiger partial charge in [-0.15, -0.1) is 0 Å². The van der Waals surface area contributed by atoms with Crippen molar-refractivity contribution in [3.63, 3.8) is 0 Å². The molecule has 1 N–H and O–H groups in total. The van der Waals surface area contributed by atoms with Gasteiger partial charge < -0.3 is 0 Å². The molecule has 17 heavy (non-hydrogen) atoms. The first-order valence-electron chi connectivity index (χ1n) is 5.20. The zero-order valence-electron chi connectivity index (χ0n) is 10.0. The summed E-state index contributed by atoms with van der Waals surface area (Å²) >= 11 is 0.